The first-order chi connectivity index (χ1) is 6.60. The van der Waals surface area contributed by atoms with Crippen LogP contribution in [0.15, 0.2) is 12.1 Å². The number of carbonyl (C=O) groups is 2. The second-order valence-corrected chi connectivity index (χ2v) is 2.87. The lowest BCUT2D eigenvalue weighted by Gasteiger charge is -2.03. The number of methoxy groups -OCH3 is 1. The molecule has 0 aliphatic carbocycles. The van der Waals surface area contributed by atoms with E-state index in [1.165, 1.54) is 7.11 Å². The normalized spacial score (nSPS) is 9.64. The van der Waals surface area contributed by atoms with Gasteiger partial charge in [-0.3, -0.25) is 4.79 Å². The Hall–Kier alpha value is -1.42. The van der Waals surface area contributed by atoms with Crippen LogP contribution in [0.1, 0.15) is 20.7 Å². The van der Waals surface area contributed by atoms with Crippen molar-refractivity contribution < 1.29 is 18.7 Å². The van der Waals surface area contributed by atoms with Crippen molar-refractivity contribution in [3.8, 4) is 0 Å². The van der Waals surface area contributed by atoms with Crippen molar-refractivity contribution in [2.24, 2.45) is 0 Å². The lowest BCUT2D eigenvalue weighted by molar-refractivity contribution is 0.0601. The van der Waals surface area contributed by atoms with Gasteiger partial charge in [-0.1, -0.05) is 11.6 Å². The summed E-state index contributed by atoms with van der Waals surface area (Å²) >= 11 is 5.58. The Morgan fingerprint density at radius 1 is 1.57 bits per heavy atom. The van der Waals surface area contributed by atoms with Crippen LogP contribution in [0, 0.1) is 5.82 Å². The summed E-state index contributed by atoms with van der Waals surface area (Å²) in [6.45, 7) is 0. The monoisotopic (exact) mass is 216 g/mol. The molecule has 14 heavy (non-hydrogen) atoms. The van der Waals surface area contributed by atoms with Crippen LogP contribution in [0.4, 0.5) is 4.39 Å². The predicted molar refractivity (Wildman–Crippen MR) is 48.1 cm³/mol. The van der Waals surface area contributed by atoms with Gasteiger partial charge in [0.15, 0.2) is 6.29 Å². The van der Waals surface area contributed by atoms with Crippen molar-refractivity contribution in [3.05, 3.63) is 34.1 Å². The number of halogens is 2. The molecule has 0 aliphatic rings. The highest BCUT2D eigenvalue weighted by molar-refractivity contribution is 6.33. The van der Waals surface area contributed by atoms with Gasteiger partial charge in [-0.2, -0.15) is 0 Å². The van der Waals surface area contributed by atoms with E-state index >= 15 is 0 Å². The molecule has 0 atom stereocenters. The van der Waals surface area contributed by atoms with Crippen LogP contribution < -0.4 is 0 Å². The summed E-state index contributed by atoms with van der Waals surface area (Å²) in [4.78, 5) is 21.4. The van der Waals surface area contributed by atoms with E-state index in [4.69, 9.17) is 11.6 Å². The Kier molecular flexibility index (Phi) is 3.19. The molecule has 74 valence electrons. The molecule has 5 heteroatoms. The van der Waals surface area contributed by atoms with Crippen molar-refractivity contribution in [2.75, 3.05) is 7.11 Å². The van der Waals surface area contributed by atoms with Crippen molar-refractivity contribution >= 4 is 23.9 Å². The first kappa shape index (κ1) is 10.7. The van der Waals surface area contributed by atoms with Crippen LogP contribution in [-0.2, 0) is 4.74 Å². The molecule has 0 heterocycles. The lowest BCUT2D eigenvalue weighted by atomic mass is 10.1. The van der Waals surface area contributed by atoms with Gasteiger partial charge >= 0.3 is 5.97 Å². The number of aldehydes is 1. The van der Waals surface area contributed by atoms with Crippen LogP contribution in [-0.4, -0.2) is 19.4 Å². The van der Waals surface area contributed by atoms with E-state index in [0.29, 0.717) is 6.29 Å². The van der Waals surface area contributed by atoms with E-state index in [1.54, 1.807) is 0 Å². The summed E-state index contributed by atoms with van der Waals surface area (Å²) in [6, 6.07) is 1.95. The molecule has 0 aromatic heterocycles. The largest absolute Gasteiger partial charge is 0.465 e. The maximum absolute atomic E-state index is 12.9. The summed E-state index contributed by atoms with van der Waals surface area (Å²) < 4.78 is 17.3. The molecule has 0 unspecified atom stereocenters. The van der Waals surface area contributed by atoms with Gasteiger partial charge in [0.25, 0.3) is 0 Å². The van der Waals surface area contributed by atoms with Gasteiger partial charge in [-0.25, -0.2) is 9.18 Å². The quantitative estimate of drug-likeness (QED) is 0.562. The molecule has 1 aromatic rings. The summed E-state index contributed by atoms with van der Waals surface area (Å²) in [5, 5.41) is -0.0834. The third-order valence-electron chi connectivity index (χ3n) is 1.62. The smallest absolute Gasteiger partial charge is 0.339 e. The Labute approximate surface area is 84.4 Å². The van der Waals surface area contributed by atoms with Crippen LogP contribution in [0.25, 0.3) is 0 Å². The third-order valence-corrected chi connectivity index (χ3v) is 1.93. The molecule has 0 bridgehead atoms. The van der Waals surface area contributed by atoms with E-state index in [9.17, 15) is 14.0 Å². The van der Waals surface area contributed by atoms with E-state index < -0.39 is 11.8 Å². The third kappa shape index (κ3) is 1.90. The zero-order chi connectivity index (χ0) is 10.7. The van der Waals surface area contributed by atoms with Gasteiger partial charge in [0.05, 0.1) is 23.3 Å². The summed E-state index contributed by atoms with van der Waals surface area (Å²) in [7, 11) is 1.17. The summed E-state index contributed by atoms with van der Waals surface area (Å²) in [5.74, 6) is -1.48. The van der Waals surface area contributed by atoms with Gasteiger partial charge in [-0.15, -0.1) is 0 Å². The fraction of sp³-hybridized carbons (Fsp3) is 0.111. The zero-order valence-electron chi connectivity index (χ0n) is 7.21. The SMILES string of the molecule is COC(=O)c1cc(C=O)c(F)cc1Cl. The van der Waals surface area contributed by atoms with Gasteiger partial charge in [0.2, 0.25) is 0 Å². The maximum atomic E-state index is 12.9. The van der Waals surface area contributed by atoms with Gasteiger partial charge in [-0.05, 0) is 12.1 Å². The highest BCUT2D eigenvalue weighted by Gasteiger charge is 2.14. The molecule has 0 aliphatic heterocycles. The average Bonchev–Trinajstić information content (AvgIpc) is 2.17. The zero-order valence-corrected chi connectivity index (χ0v) is 7.97. The number of rotatable bonds is 2. The van der Waals surface area contributed by atoms with E-state index in [1.807, 2.05) is 0 Å². The number of hydrogen-bond acceptors (Lipinski definition) is 3. The minimum Gasteiger partial charge on any atom is -0.465 e. The molecule has 0 fully saturated rings. The minimum atomic E-state index is -0.766. The molecule has 0 spiro atoms. The van der Waals surface area contributed by atoms with Crippen molar-refractivity contribution in [3.63, 3.8) is 0 Å². The van der Waals surface area contributed by atoms with Gasteiger partial charge in [0.1, 0.15) is 5.82 Å². The van der Waals surface area contributed by atoms with E-state index in [-0.39, 0.29) is 16.1 Å². The van der Waals surface area contributed by atoms with E-state index in [2.05, 4.69) is 4.74 Å². The first-order valence-corrected chi connectivity index (χ1v) is 4.00. The Morgan fingerprint density at radius 3 is 2.71 bits per heavy atom. The van der Waals surface area contributed by atoms with Gasteiger partial charge in [0, 0.05) is 0 Å². The molecular formula is C9H6ClFO3. The predicted octanol–water partition coefficient (Wildman–Crippen LogP) is 2.08. The van der Waals surface area contributed by atoms with Gasteiger partial charge < -0.3 is 4.74 Å². The molecular weight excluding hydrogens is 211 g/mol. The number of carbonyl (C=O) groups excluding carboxylic acids is 2. The lowest BCUT2D eigenvalue weighted by Crippen LogP contribution is -2.04. The highest BCUT2D eigenvalue weighted by Crippen LogP contribution is 2.20. The second kappa shape index (κ2) is 4.19. The Bertz CT molecular complexity index is 390. The highest BCUT2D eigenvalue weighted by atomic mass is 35.5. The molecule has 0 N–H and O–H groups in total. The fourth-order valence-corrected chi connectivity index (χ4v) is 1.15. The van der Waals surface area contributed by atoms with Crippen LogP contribution >= 0.6 is 11.6 Å². The number of ether oxygens (including phenoxy) is 1. The summed E-state index contributed by atoms with van der Waals surface area (Å²) in [5.41, 5.74) is -0.257. The minimum absolute atomic E-state index is 0.0299. The molecule has 0 amide bonds. The number of hydrogen-bond donors (Lipinski definition) is 0. The topological polar surface area (TPSA) is 43.4 Å². The van der Waals surface area contributed by atoms with Crippen LogP contribution in [0.2, 0.25) is 5.02 Å². The molecule has 1 aromatic carbocycles. The Morgan fingerprint density at radius 2 is 2.21 bits per heavy atom. The van der Waals surface area contributed by atoms with Crippen LogP contribution in [0.3, 0.4) is 0 Å². The molecule has 0 radical (unpaired) electrons. The maximum Gasteiger partial charge on any atom is 0.339 e. The first-order valence-electron chi connectivity index (χ1n) is 3.62. The molecule has 0 saturated heterocycles. The molecule has 3 nitrogen and oxygen atoms in total. The average molecular weight is 217 g/mol. The standard InChI is InChI=1S/C9H6ClFO3/c1-14-9(13)6-2-5(4-12)8(11)3-7(6)10/h2-4H,1H3. The van der Waals surface area contributed by atoms with Crippen LogP contribution in [0.5, 0.6) is 0 Å². The number of esters is 1. The van der Waals surface area contributed by atoms with Crippen molar-refractivity contribution in [2.45, 2.75) is 0 Å². The van der Waals surface area contributed by atoms with Crippen molar-refractivity contribution in [1.29, 1.82) is 0 Å². The summed E-state index contributed by atoms with van der Waals surface area (Å²) in [6.07, 6.45) is 0.304. The number of benzene rings is 1. The Balaban J connectivity index is 3.30. The molecule has 0 saturated carbocycles. The van der Waals surface area contributed by atoms with Crippen molar-refractivity contribution in [1.82, 2.24) is 0 Å². The molecule has 1 rings (SSSR count). The fourth-order valence-electron chi connectivity index (χ4n) is 0.922. The van der Waals surface area contributed by atoms with E-state index in [0.717, 1.165) is 12.1 Å². The second-order valence-electron chi connectivity index (χ2n) is 2.46.